The van der Waals surface area contributed by atoms with Crippen molar-refractivity contribution in [2.24, 2.45) is 0 Å². The van der Waals surface area contributed by atoms with E-state index in [-0.39, 0.29) is 5.56 Å². The first kappa shape index (κ1) is 19.7. The van der Waals surface area contributed by atoms with Crippen molar-refractivity contribution >= 4 is 22.5 Å². The molecule has 6 rings (SSSR count). The molecule has 9 nitrogen and oxygen atoms in total. The number of hydrogen-bond donors (Lipinski definition) is 1. The highest BCUT2D eigenvalue weighted by Gasteiger charge is 2.29. The number of aromatic amines is 1. The van der Waals surface area contributed by atoms with E-state index >= 15 is 0 Å². The van der Waals surface area contributed by atoms with Gasteiger partial charge in [-0.1, -0.05) is 25.1 Å². The number of hydrogen-bond acceptors (Lipinski definition) is 6. The molecule has 33 heavy (non-hydrogen) atoms. The molecule has 9 heteroatoms. The lowest BCUT2D eigenvalue weighted by Crippen LogP contribution is -2.33. The first-order valence-electron chi connectivity index (χ1n) is 11.3. The fraction of sp³-hybridized carbons (Fsp3) is 0.292. The lowest BCUT2D eigenvalue weighted by atomic mass is 10.2. The van der Waals surface area contributed by atoms with E-state index in [1.165, 1.54) is 6.33 Å². The Bertz CT molecular complexity index is 1500. The van der Waals surface area contributed by atoms with E-state index in [0.717, 1.165) is 48.4 Å². The summed E-state index contributed by atoms with van der Waals surface area (Å²) in [6.07, 6.45) is 8.22. The lowest BCUT2D eigenvalue weighted by Gasteiger charge is -2.24. The zero-order chi connectivity index (χ0) is 22.4. The molecule has 1 saturated carbocycles. The Morgan fingerprint density at radius 2 is 1.97 bits per heavy atom. The third-order valence-corrected chi connectivity index (χ3v) is 6.14. The van der Waals surface area contributed by atoms with Gasteiger partial charge in [0.15, 0.2) is 17.3 Å². The number of nitrogens with one attached hydrogen (secondary N) is 1. The van der Waals surface area contributed by atoms with Crippen molar-refractivity contribution in [2.75, 3.05) is 11.4 Å². The summed E-state index contributed by atoms with van der Waals surface area (Å²) < 4.78 is 3.50. The van der Waals surface area contributed by atoms with Crippen molar-refractivity contribution in [3.8, 4) is 5.69 Å². The Hall–Kier alpha value is -4.01. The van der Waals surface area contributed by atoms with Crippen molar-refractivity contribution in [1.29, 1.82) is 0 Å². The minimum absolute atomic E-state index is 0.0380. The number of H-pyrrole nitrogens is 1. The molecular weight excluding hydrogens is 416 g/mol. The van der Waals surface area contributed by atoms with Crippen LogP contribution in [0.3, 0.4) is 0 Å². The summed E-state index contributed by atoms with van der Waals surface area (Å²) in [4.78, 5) is 32.2. The van der Waals surface area contributed by atoms with Crippen LogP contribution in [0.1, 0.15) is 43.5 Å². The van der Waals surface area contributed by atoms with Crippen LogP contribution in [0, 0.1) is 0 Å². The third-order valence-electron chi connectivity index (χ3n) is 6.14. The van der Waals surface area contributed by atoms with Gasteiger partial charge in [-0.15, -0.1) is 0 Å². The van der Waals surface area contributed by atoms with Gasteiger partial charge in [-0.3, -0.25) is 9.36 Å². The molecule has 1 aliphatic rings. The molecule has 4 heterocycles. The SMILES string of the molecule is CCCN(Cc1nn2ccc(C3CC3)c2c(=O)n1-c1ccccc1)c1ncnc2nc[nH]c12. The molecule has 0 atom stereocenters. The largest absolute Gasteiger partial charge is 0.347 e. The summed E-state index contributed by atoms with van der Waals surface area (Å²) in [5.74, 6) is 1.86. The van der Waals surface area contributed by atoms with E-state index < -0.39 is 0 Å². The fourth-order valence-electron chi connectivity index (χ4n) is 4.50. The lowest BCUT2D eigenvalue weighted by molar-refractivity contribution is 0.667. The second kappa shape index (κ2) is 7.84. The van der Waals surface area contributed by atoms with Gasteiger partial charge in [0, 0.05) is 12.7 Å². The van der Waals surface area contributed by atoms with Crippen molar-refractivity contribution in [1.82, 2.24) is 34.1 Å². The minimum atomic E-state index is -0.0380. The minimum Gasteiger partial charge on any atom is -0.347 e. The Morgan fingerprint density at radius 3 is 2.76 bits per heavy atom. The molecule has 1 fully saturated rings. The number of aromatic nitrogens is 7. The zero-order valence-corrected chi connectivity index (χ0v) is 18.3. The summed E-state index contributed by atoms with van der Waals surface area (Å²) >= 11 is 0. The topological polar surface area (TPSA) is 97.0 Å². The number of fused-ring (bicyclic) bond motifs is 2. The van der Waals surface area contributed by atoms with E-state index in [2.05, 4.69) is 31.8 Å². The first-order chi connectivity index (χ1) is 16.2. The highest BCUT2D eigenvalue weighted by molar-refractivity contribution is 5.82. The molecule has 0 unspecified atom stereocenters. The number of imidazole rings is 1. The van der Waals surface area contributed by atoms with Gasteiger partial charge < -0.3 is 9.88 Å². The van der Waals surface area contributed by atoms with Gasteiger partial charge in [-0.25, -0.2) is 19.5 Å². The predicted octanol–water partition coefficient (Wildman–Crippen LogP) is 3.45. The summed E-state index contributed by atoms with van der Waals surface area (Å²) in [7, 11) is 0. The average Bonchev–Trinajstić information content (AvgIpc) is 3.40. The summed E-state index contributed by atoms with van der Waals surface area (Å²) in [5.41, 5.74) is 3.93. The van der Waals surface area contributed by atoms with Crippen LogP contribution in [0.5, 0.6) is 0 Å². The monoisotopic (exact) mass is 440 g/mol. The summed E-state index contributed by atoms with van der Waals surface area (Å²) in [6, 6.07) is 11.8. The van der Waals surface area contributed by atoms with E-state index in [1.54, 1.807) is 15.4 Å². The Balaban J connectivity index is 1.53. The third kappa shape index (κ3) is 3.36. The van der Waals surface area contributed by atoms with Crippen LogP contribution in [-0.4, -0.2) is 40.7 Å². The maximum atomic E-state index is 13.9. The van der Waals surface area contributed by atoms with Gasteiger partial charge in [0.2, 0.25) is 0 Å². The number of benzene rings is 1. The molecule has 0 aliphatic heterocycles. The number of para-hydroxylation sites is 1. The fourth-order valence-corrected chi connectivity index (χ4v) is 4.50. The van der Waals surface area contributed by atoms with Crippen molar-refractivity contribution in [2.45, 2.75) is 38.6 Å². The van der Waals surface area contributed by atoms with Crippen LogP contribution in [0.15, 0.2) is 60.0 Å². The van der Waals surface area contributed by atoms with Crippen LogP contribution < -0.4 is 10.5 Å². The van der Waals surface area contributed by atoms with E-state index in [4.69, 9.17) is 5.10 Å². The predicted molar refractivity (Wildman–Crippen MR) is 126 cm³/mol. The van der Waals surface area contributed by atoms with E-state index in [0.29, 0.717) is 29.5 Å². The van der Waals surface area contributed by atoms with Crippen LogP contribution in [0.2, 0.25) is 0 Å². The number of nitrogens with zero attached hydrogens (tertiary/aromatic N) is 7. The maximum Gasteiger partial charge on any atom is 0.282 e. The van der Waals surface area contributed by atoms with Crippen molar-refractivity contribution in [3.05, 3.63) is 77.0 Å². The standard InChI is InChI=1S/C24H24N8O/c1-2-11-30(23-20-22(26-14-25-20)27-15-28-23)13-19-29-31-12-10-18(16-8-9-16)21(31)24(33)32(19)17-6-4-3-5-7-17/h3-7,10,12,14-16H,2,8-9,11,13H2,1H3,(H,25,26,27,28). The molecule has 4 aromatic heterocycles. The molecule has 5 aromatic rings. The Morgan fingerprint density at radius 1 is 1.12 bits per heavy atom. The normalized spacial score (nSPS) is 13.7. The molecule has 1 aromatic carbocycles. The van der Waals surface area contributed by atoms with Gasteiger partial charge >= 0.3 is 0 Å². The first-order valence-corrected chi connectivity index (χ1v) is 11.3. The van der Waals surface area contributed by atoms with Gasteiger partial charge in [0.05, 0.1) is 18.6 Å². The average molecular weight is 441 g/mol. The van der Waals surface area contributed by atoms with Crippen LogP contribution in [0.4, 0.5) is 5.82 Å². The van der Waals surface area contributed by atoms with Crippen LogP contribution >= 0.6 is 0 Å². The van der Waals surface area contributed by atoms with E-state index in [9.17, 15) is 4.79 Å². The molecule has 0 bridgehead atoms. The van der Waals surface area contributed by atoms with Crippen molar-refractivity contribution in [3.63, 3.8) is 0 Å². The molecule has 0 spiro atoms. The summed E-state index contributed by atoms with van der Waals surface area (Å²) in [6.45, 7) is 3.27. The van der Waals surface area contributed by atoms with Gasteiger partial charge in [-0.2, -0.15) is 5.10 Å². The maximum absolute atomic E-state index is 13.9. The molecule has 0 saturated heterocycles. The van der Waals surface area contributed by atoms with Crippen molar-refractivity contribution < 1.29 is 0 Å². The quantitative estimate of drug-likeness (QED) is 0.416. The van der Waals surface area contributed by atoms with Gasteiger partial charge in [0.25, 0.3) is 5.56 Å². The highest BCUT2D eigenvalue weighted by Crippen LogP contribution is 2.41. The molecule has 1 aliphatic carbocycles. The Kier molecular flexibility index (Phi) is 4.67. The number of anilines is 1. The molecule has 0 amide bonds. The van der Waals surface area contributed by atoms with Crippen LogP contribution in [-0.2, 0) is 6.54 Å². The Labute approximate surface area is 189 Å². The van der Waals surface area contributed by atoms with Gasteiger partial charge in [0.1, 0.15) is 17.4 Å². The second-order valence-corrected chi connectivity index (χ2v) is 8.45. The summed E-state index contributed by atoms with van der Waals surface area (Å²) in [5, 5.41) is 4.93. The smallest absolute Gasteiger partial charge is 0.282 e. The molecular formula is C24H24N8O. The molecule has 0 radical (unpaired) electrons. The van der Waals surface area contributed by atoms with Crippen LogP contribution in [0.25, 0.3) is 22.4 Å². The van der Waals surface area contributed by atoms with Gasteiger partial charge in [-0.05, 0) is 48.9 Å². The zero-order valence-electron chi connectivity index (χ0n) is 18.3. The molecule has 1 N–H and O–H groups in total. The second-order valence-electron chi connectivity index (χ2n) is 8.45. The van der Waals surface area contributed by atoms with E-state index in [1.807, 2.05) is 42.6 Å². The highest BCUT2D eigenvalue weighted by atomic mass is 16.1. The number of rotatable bonds is 7. The molecule has 166 valence electrons.